The van der Waals surface area contributed by atoms with Crippen LogP contribution in [0.15, 0.2) is 6.07 Å². The van der Waals surface area contributed by atoms with Gasteiger partial charge in [0.05, 0.1) is 5.92 Å². The Balaban J connectivity index is 1.89. The maximum absolute atomic E-state index is 12.0. The van der Waals surface area contributed by atoms with E-state index in [0.29, 0.717) is 30.9 Å². The van der Waals surface area contributed by atoms with E-state index in [0.717, 1.165) is 12.1 Å². The number of nitrogens with zero attached hydrogens (tertiary/aromatic N) is 1. The van der Waals surface area contributed by atoms with Gasteiger partial charge in [0.1, 0.15) is 5.69 Å². The Bertz CT molecular complexity index is 496. The highest BCUT2D eigenvalue weighted by Gasteiger charge is 2.31. The van der Waals surface area contributed by atoms with Crippen molar-refractivity contribution in [3.63, 3.8) is 0 Å². The van der Waals surface area contributed by atoms with Gasteiger partial charge in [-0.1, -0.05) is 13.8 Å². The first-order valence-corrected chi connectivity index (χ1v) is 7.03. The average Bonchev–Trinajstić information content (AvgIpc) is 2.97. The van der Waals surface area contributed by atoms with Gasteiger partial charge >= 0.3 is 5.97 Å². The zero-order valence-electron chi connectivity index (χ0n) is 11.8. The minimum atomic E-state index is -0.777. The number of hydrogen-bond donors (Lipinski definition) is 3. The smallest absolute Gasteiger partial charge is 0.306 e. The van der Waals surface area contributed by atoms with E-state index in [4.69, 9.17) is 5.11 Å². The predicted molar refractivity (Wildman–Crippen MR) is 73.4 cm³/mol. The molecule has 1 fully saturated rings. The lowest BCUT2D eigenvalue weighted by Crippen LogP contribution is -2.33. The molecule has 1 aromatic rings. The SMILES string of the molecule is CC(C)Cc1cc(C(=O)N[C@H]2CC[C@H](C(=O)O)C2)n[nH]1. The van der Waals surface area contributed by atoms with E-state index in [1.54, 1.807) is 6.07 Å². The zero-order valence-corrected chi connectivity index (χ0v) is 11.8. The highest BCUT2D eigenvalue weighted by atomic mass is 16.4. The highest BCUT2D eigenvalue weighted by Crippen LogP contribution is 2.25. The minimum Gasteiger partial charge on any atom is -0.481 e. The van der Waals surface area contributed by atoms with Crippen molar-refractivity contribution < 1.29 is 14.7 Å². The summed E-state index contributed by atoms with van der Waals surface area (Å²) in [5.41, 5.74) is 1.32. The minimum absolute atomic E-state index is 0.0613. The normalized spacial score (nSPS) is 22.1. The Kier molecular flexibility index (Phi) is 4.42. The molecule has 1 heterocycles. The van der Waals surface area contributed by atoms with Crippen LogP contribution in [-0.4, -0.2) is 33.2 Å². The van der Waals surface area contributed by atoms with Crippen LogP contribution < -0.4 is 5.32 Å². The fourth-order valence-electron chi connectivity index (χ4n) is 2.62. The zero-order chi connectivity index (χ0) is 14.7. The number of hydrogen-bond acceptors (Lipinski definition) is 3. The van der Waals surface area contributed by atoms with E-state index in [1.807, 2.05) is 0 Å². The lowest BCUT2D eigenvalue weighted by atomic mass is 10.1. The number of nitrogens with one attached hydrogen (secondary N) is 2. The third-order valence-electron chi connectivity index (χ3n) is 3.61. The second kappa shape index (κ2) is 6.07. The summed E-state index contributed by atoms with van der Waals surface area (Å²) < 4.78 is 0. The van der Waals surface area contributed by atoms with Gasteiger partial charge in [-0.15, -0.1) is 0 Å². The van der Waals surface area contributed by atoms with Crippen molar-refractivity contribution in [3.05, 3.63) is 17.5 Å². The van der Waals surface area contributed by atoms with Crippen LogP contribution in [0.5, 0.6) is 0 Å². The molecular formula is C14H21N3O3. The molecule has 0 bridgehead atoms. The van der Waals surface area contributed by atoms with E-state index in [1.165, 1.54) is 0 Å². The number of carbonyl (C=O) groups is 2. The summed E-state index contributed by atoms with van der Waals surface area (Å²) in [4.78, 5) is 22.9. The topological polar surface area (TPSA) is 95.1 Å². The summed E-state index contributed by atoms with van der Waals surface area (Å²) in [6.07, 6.45) is 2.70. The monoisotopic (exact) mass is 279 g/mol. The first-order valence-electron chi connectivity index (χ1n) is 7.03. The predicted octanol–water partition coefficient (Wildman–Crippen LogP) is 1.59. The van der Waals surface area contributed by atoms with E-state index in [9.17, 15) is 9.59 Å². The Morgan fingerprint density at radius 2 is 2.25 bits per heavy atom. The van der Waals surface area contributed by atoms with Crippen LogP contribution in [0.2, 0.25) is 0 Å². The second-order valence-electron chi connectivity index (χ2n) is 5.89. The molecule has 1 aliphatic carbocycles. The molecule has 2 rings (SSSR count). The van der Waals surface area contributed by atoms with Gasteiger partial charge in [0.2, 0.25) is 0 Å². The molecule has 0 spiro atoms. The van der Waals surface area contributed by atoms with Gasteiger partial charge < -0.3 is 10.4 Å². The first kappa shape index (κ1) is 14.6. The molecule has 0 aromatic carbocycles. The summed E-state index contributed by atoms with van der Waals surface area (Å²) in [6.45, 7) is 4.20. The van der Waals surface area contributed by atoms with Crippen LogP contribution in [0.4, 0.5) is 0 Å². The van der Waals surface area contributed by atoms with Crippen molar-refractivity contribution in [2.24, 2.45) is 11.8 Å². The van der Waals surface area contributed by atoms with Gasteiger partial charge in [-0.3, -0.25) is 14.7 Å². The number of carboxylic acid groups (broad SMARTS) is 1. The van der Waals surface area contributed by atoms with E-state index in [2.05, 4.69) is 29.4 Å². The van der Waals surface area contributed by atoms with Crippen molar-refractivity contribution in [2.45, 2.75) is 45.6 Å². The highest BCUT2D eigenvalue weighted by molar-refractivity contribution is 5.92. The number of aromatic nitrogens is 2. The maximum atomic E-state index is 12.0. The molecule has 0 saturated heterocycles. The largest absolute Gasteiger partial charge is 0.481 e. The third-order valence-corrected chi connectivity index (χ3v) is 3.61. The van der Waals surface area contributed by atoms with E-state index in [-0.39, 0.29) is 17.9 Å². The van der Waals surface area contributed by atoms with Gasteiger partial charge in [-0.05, 0) is 37.7 Å². The number of rotatable bonds is 5. The van der Waals surface area contributed by atoms with Crippen molar-refractivity contribution in [2.75, 3.05) is 0 Å². The van der Waals surface area contributed by atoms with Gasteiger partial charge in [0.15, 0.2) is 0 Å². The molecule has 3 N–H and O–H groups in total. The lowest BCUT2D eigenvalue weighted by Gasteiger charge is -2.10. The van der Waals surface area contributed by atoms with Crippen molar-refractivity contribution in [1.29, 1.82) is 0 Å². The fourth-order valence-corrected chi connectivity index (χ4v) is 2.62. The molecule has 20 heavy (non-hydrogen) atoms. The van der Waals surface area contributed by atoms with Gasteiger partial charge in [0.25, 0.3) is 5.91 Å². The number of aromatic amines is 1. The maximum Gasteiger partial charge on any atom is 0.306 e. The summed E-state index contributed by atoms with van der Waals surface area (Å²) in [6, 6.07) is 1.70. The Labute approximate surface area is 118 Å². The summed E-state index contributed by atoms with van der Waals surface area (Å²) in [7, 11) is 0. The van der Waals surface area contributed by atoms with Crippen LogP contribution in [0, 0.1) is 11.8 Å². The third kappa shape index (κ3) is 3.59. The van der Waals surface area contributed by atoms with Crippen LogP contribution in [0.1, 0.15) is 49.3 Å². The van der Waals surface area contributed by atoms with Crippen molar-refractivity contribution in [3.8, 4) is 0 Å². The molecule has 2 atom stereocenters. The van der Waals surface area contributed by atoms with Crippen LogP contribution in [-0.2, 0) is 11.2 Å². The lowest BCUT2D eigenvalue weighted by molar-refractivity contribution is -0.141. The standard InChI is InChI=1S/C14H21N3O3/c1-8(2)5-11-7-12(17-16-11)13(18)15-10-4-3-9(6-10)14(19)20/h7-10H,3-6H2,1-2H3,(H,15,18)(H,16,17)(H,19,20)/t9-,10-/m0/s1. The van der Waals surface area contributed by atoms with E-state index >= 15 is 0 Å². The number of amides is 1. The Morgan fingerprint density at radius 3 is 2.85 bits per heavy atom. The molecule has 110 valence electrons. The van der Waals surface area contributed by atoms with Gasteiger partial charge in [-0.2, -0.15) is 5.10 Å². The van der Waals surface area contributed by atoms with Crippen LogP contribution in [0.3, 0.4) is 0 Å². The second-order valence-corrected chi connectivity index (χ2v) is 5.89. The summed E-state index contributed by atoms with van der Waals surface area (Å²) >= 11 is 0. The fraction of sp³-hybridized carbons (Fsp3) is 0.643. The number of H-pyrrole nitrogens is 1. The number of aliphatic carboxylic acids is 1. The molecule has 1 amide bonds. The molecule has 1 aliphatic rings. The Hall–Kier alpha value is -1.85. The van der Waals surface area contributed by atoms with Gasteiger partial charge in [-0.25, -0.2) is 0 Å². The molecular weight excluding hydrogens is 258 g/mol. The Morgan fingerprint density at radius 1 is 1.50 bits per heavy atom. The van der Waals surface area contributed by atoms with E-state index < -0.39 is 5.97 Å². The molecule has 6 nitrogen and oxygen atoms in total. The van der Waals surface area contributed by atoms with Crippen molar-refractivity contribution >= 4 is 11.9 Å². The molecule has 1 aromatic heterocycles. The molecule has 0 aliphatic heterocycles. The summed E-state index contributed by atoms with van der Waals surface area (Å²) in [5.74, 6) is -0.846. The molecule has 0 unspecified atom stereocenters. The van der Waals surface area contributed by atoms with Crippen LogP contribution in [0.25, 0.3) is 0 Å². The average molecular weight is 279 g/mol. The molecule has 0 radical (unpaired) electrons. The quantitative estimate of drug-likeness (QED) is 0.762. The van der Waals surface area contributed by atoms with Crippen LogP contribution >= 0.6 is 0 Å². The van der Waals surface area contributed by atoms with Crippen molar-refractivity contribution in [1.82, 2.24) is 15.5 Å². The first-order chi connectivity index (χ1) is 9.45. The van der Waals surface area contributed by atoms with Gasteiger partial charge in [0, 0.05) is 11.7 Å². The molecule has 1 saturated carbocycles. The number of carboxylic acids is 1. The summed E-state index contributed by atoms with van der Waals surface area (Å²) in [5, 5.41) is 18.7. The number of carbonyl (C=O) groups excluding carboxylic acids is 1. The molecule has 6 heteroatoms.